The largest absolute Gasteiger partial charge is 0.479 e. The van der Waals surface area contributed by atoms with Crippen LogP contribution in [0.15, 0.2) is 30.6 Å². The molecule has 0 bridgehead atoms. The van der Waals surface area contributed by atoms with Gasteiger partial charge < -0.3 is 4.74 Å². The number of hydrogen-bond acceptors (Lipinski definition) is 3. The van der Waals surface area contributed by atoms with Crippen molar-refractivity contribution in [1.82, 2.24) is 14.8 Å². The van der Waals surface area contributed by atoms with Crippen molar-refractivity contribution in [3.05, 3.63) is 36.8 Å². The standard InChI is InChI=1S/C9H8N3O/c1-13-9-8(4-2-5-10-9)12-7-3-6-11-12/h2-5,7H,1H3. The summed E-state index contributed by atoms with van der Waals surface area (Å²) in [5.41, 5.74) is 0.811. The Morgan fingerprint density at radius 3 is 3.15 bits per heavy atom. The van der Waals surface area contributed by atoms with Gasteiger partial charge in [0.15, 0.2) is 0 Å². The highest BCUT2D eigenvalue weighted by Gasteiger charge is 2.04. The van der Waals surface area contributed by atoms with Gasteiger partial charge in [-0.2, -0.15) is 5.10 Å². The van der Waals surface area contributed by atoms with E-state index in [0.29, 0.717) is 5.88 Å². The Kier molecular flexibility index (Phi) is 1.96. The zero-order valence-corrected chi connectivity index (χ0v) is 7.14. The molecule has 2 aromatic rings. The maximum atomic E-state index is 5.08. The van der Waals surface area contributed by atoms with E-state index in [1.54, 1.807) is 30.3 Å². The smallest absolute Gasteiger partial charge is 0.239 e. The first-order valence-electron chi connectivity index (χ1n) is 3.83. The summed E-state index contributed by atoms with van der Waals surface area (Å²) in [4.78, 5) is 4.06. The lowest BCUT2D eigenvalue weighted by Crippen LogP contribution is -1.99. The van der Waals surface area contributed by atoms with Gasteiger partial charge in [-0.1, -0.05) is 0 Å². The minimum Gasteiger partial charge on any atom is -0.479 e. The minimum absolute atomic E-state index is 0.555. The van der Waals surface area contributed by atoms with Crippen molar-refractivity contribution in [3.8, 4) is 11.6 Å². The van der Waals surface area contributed by atoms with Crippen LogP contribution in [0.1, 0.15) is 0 Å². The summed E-state index contributed by atoms with van der Waals surface area (Å²) < 4.78 is 6.74. The molecular formula is C9H8N3O. The van der Waals surface area contributed by atoms with Gasteiger partial charge in [-0.05, 0) is 18.2 Å². The van der Waals surface area contributed by atoms with Crippen LogP contribution in [0.4, 0.5) is 0 Å². The van der Waals surface area contributed by atoms with E-state index in [2.05, 4.69) is 16.3 Å². The van der Waals surface area contributed by atoms with Crippen LogP contribution < -0.4 is 4.74 Å². The first-order chi connectivity index (χ1) is 6.42. The quantitative estimate of drug-likeness (QED) is 0.683. The molecule has 0 atom stereocenters. The molecule has 0 amide bonds. The Hall–Kier alpha value is -1.84. The molecule has 0 saturated carbocycles. The second-order valence-corrected chi connectivity index (χ2v) is 2.42. The van der Waals surface area contributed by atoms with Gasteiger partial charge in [0.1, 0.15) is 11.9 Å². The Labute approximate surface area is 75.8 Å². The number of hydrogen-bond donors (Lipinski definition) is 0. The summed E-state index contributed by atoms with van der Waals surface area (Å²) in [7, 11) is 1.58. The van der Waals surface area contributed by atoms with E-state index < -0.39 is 0 Å². The molecule has 0 saturated heterocycles. The second-order valence-electron chi connectivity index (χ2n) is 2.42. The summed E-state index contributed by atoms with van der Waals surface area (Å²) in [5.74, 6) is 0.555. The van der Waals surface area contributed by atoms with Gasteiger partial charge in [-0.15, -0.1) is 0 Å². The molecule has 13 heavy (non-hydrogen) atoms. The molecule has 0 fully saturated rings. The normalized spacial score (nSPS) is 9.92. The highest BCUT2D eigenvalue weighted by molar-refractivity contribution is 5.39. The maximum Gasteiger partial charge on any atom is 0.239 e. The number of aromatic nitrogens is 3. The van der Waals surface area contributed by atoms with Crippen molar-refractivity contribution in [2.75, 3.05) is 7.11 Å². The molecular weight excluding hydrogens is 166 g/mol. The molecule has 0 aliphatic rings. The maximum absolute atomic E-state index is 5.08. The lowest BCUT2D eigenvalue weighted by atomic mass is 10.4. The summed E-state index contributed by atoms with van der Waals surface area (Å²) >= 11 is 0. The molecule has 0 spiro atoms. The number of pyridine rings is 1. The number of rotatable bonds is 2. The molecule has 2 heterocycles. The predicted molar refractivity (Wildman–Crippen MR) is 46.7 cm³/mol. The fourth-order valence-electron chi connectivity index (χ4n) is 1.08. The monoisotopic (exact) mass is 174 g/mol. The molecule has 0 aliphatic heterocycles. The van der Waals surface area contributed by atoms with E-state index >= 15 is 0 Å². The van der Waals surface area contributed by atoms with Crippen molar-refractivity contribution >= 4 is 0 Å². The molecule has 2 rings (SSSR count). The fraction of sp³-hybridized carbons (Fsp3) is 0.111. The molecule has 0 aliphatic carbocycles. The van der Waals surface area contributed by atoms with Gasteiger partial charge in [-0.25, -0.2) is 9.67 Å². The molecule has 1 radical (unpaired) electrons. The van der Waals surface area contributed by atoms with Crippen LogP contribution in [0, 0.1) is 6.20 Å². The zero-order chi connectivity index (χ0) is 9.10. The summed E-state index contributed by atoms with van der Waals surface area (Å²) in [6, 6.07) is 5.44. The molecule has 0 unspecified atom stereocenters. The van der Waals surface area contributed by atoms with Crippen molar-refractivity contribution in [1.29, 1.82) is 0 Å². The van der Waals surface area contributed by atoms with Gasteiger partial charge in [-0.3, -0.25) is 0 Å². The van der Waals surface area contributed by atoms with Crippen LogP contribution in [0.5, 0.6) is 5.88 Å². The molecule has 4 nitrogen and oxygen atoms in total. The highest BCUT2D eigenvalue weighted by Crippen LogP contribution is 2.16. The number of methoxy groups -OCH3 is 1. The second kappa shape index (κ2) is 3.26. The lowest BCUT2D eigenvalue weighted by Gasteiger charge is -2.05. The first kappa shape index (κ1) is 7.79. The third kappa shape index (κ3) is 1.38. The van der Waals surface area contributed by atoms with Crippen molar-refractivity contribution < 1.29 is 4.74 Å². The van der Waals surface area contributed by atoms with E-state index in [1.165, 1.54) is 0 Å². The molecule has 0 N–H and O–H groups in total. The zero-order valence-electron chi connectivity index (χ0n) is 7.14. The first-order valence-corrected chi connectivity index (χ1v) is 3.83. The third-order valence-corrected chi connectivity index (χ3v) is 1.65. The average molecular weight is 174 g/mol. The van der Waals surface area contributed by atoms with E-state index in [4.69, 9.17) is 4.74 Å². The van der Waals surface area contributed by atoms with Crippen LogP contribution in [-0.4, -0.2) is 21.9 Å². The summed E-state index contributed by atoms with van der Waals surface area (Å²) in [6.07, 6.45) is 6.18. The summed E-state index contributed by atoms with van der Waals surface area (Å²) in [6.45, 7) is 0. The van der Waals surface area contributed by atoms with Crippen LogP contribution in [0.25, 0.3) is 5.69 Å². The Balaban J connectivity index is 2.51. The Morgan fingerprint density at radius 1 is 1.54 bits per heavy atom. The van der Waals surface area contributed by atoms with Gasteiger partial charge in [0, 0.05) is 12.4 Å². The average Bonchev–Trinajstić information content (AvgIpc) is 2.70. The van der Waals surface area contributed by atoms with Gasteiger partial charge in [0.2, 0.25) is 5.88 Å². The molecule has 65 valence electrons. The number of ether oxygens (including phenoxy) is 1. The number of nitrogens with zero attached hydrogens (tertiary/aromatic N) is 3. The van der Waals surface area contributed by atoms with Gasteiger partial charge >= 0.3 is 0 Å². The van der Waals surface area contributed by atoms with E-state index in [1.807, 2.05) is 12.1 Å². The predicted octanol–water partition coefficient (Wildman–Crippen LogP) is 1.08. The van der Waals surface area contributed by atoms with Crippen molar-refractivity contribution in [2.45, 2.75) is 0 Å². The van der Waals surface area contributed by atoms with Crippen LogP contribution in [0.2, 0.25) is 0 Å². The van der Waals surface area contributed by atoms with Gasteiger partial charge in [0.25, 0.3) is 0 Å². The fourth-order valence-corrected chi connectivity index (χ4v) is 1.08. The Bertz CT molecular complexity index is 384. The van der Waals surface area contributed by atoms with Gasteiger partial charge in [0.05, 0.1) is 7.11 Å². The summed E-state index contributed by atoms with van der Waals surface area (Å²) in [5, 5.41) is 3.97. The topological polar surface area (TPSA) is 39.9 Å². The highest BCUT2D eigenvalue weighted by atomic mass is 16.5. The molecule has 4 heteroatoms. The van der Waals surface area contributed by atoms with Crippen LogP contribution in [-0.2, 0) is 0 Å². The minimum atomic E-state index is 0.555. The van der Waals surface area contributed by atoms with Crippen molar-refractivity contribution in [3.63, 3.8) is 0 Å². The van der Waals surface area contributed by atoms with Crippen LogP contribution in [0.3, 0.4) is 0 Å². The lowest BCUT2D eigenvalue weighted by molar-refractivity contribution is 0.395. The van der Waals surface area contributed by atoms with E-state index in [-0.39, 0.29) is 0 Å². The van der Waals surface area contributed by atoms with E-state index in [9.17, 15) is 0 Å². The molecule has 0 aromatic carbocycles. The third-order valence-electron chi connectivity index (χ3n) is 1.65. The van der Waals surface area contributed by atoms with Crippen LogP contribution >= 0.6 is 0 Å². The SMILES string of the molecule is COc1ncccc1-n1cc[c]n1. The van der Waals surface area contributed by atoms with Crippen molar-refractivity contribution in [2.24, 2.45) is 0 Å². The van der Waals surface area contributed by atoms with E-state index in [0.717, 1.165) is 5.69 Å². The Morgan fingerprint density at radius 2 is 2.46 bits per heavy atom. The molecule has 2 aromatic heterocycles.